The highest BCUT2D eigenvalue weighted by atomic mass is 19.4. The zero-order valence-corrected chi connectivity index (χ0v) is 6.94. The Kier molecular flexibility index (Phi) is 1.47. The Morgan fingerprint density at radius 3 is 2.31 bits per heavy atom. The molecule has 3 nitrogen and oxygen atoms in total. The van der Waals surface area contributed by atoms with Crippen LogP contribution in [0.2, 0.25) is 0 Å². The first-order valence-electron chi connectivity index (χ1n) is 3.92. The van der Waals surface area contributed by atoms with Gasteiger partial charge in [0, 0.05) is 5.41 Å². The molecule has 1 N–H and O–H groups in total. The Morgan fingerprint density at radius 1 is 1.31 bits per heavy atom. The normalized spacial score (nSPS) is 20.3. The largest absolute Gasteiger partial charge is 0.451 e. The molecule has 0 spiro atoms. The van der Waals surface area contributed by atoms with Crippen LogP contribution in [-0.2, 0) is 11.6 Å². The second kappa shape index (κ2) is 2.24. The molecule has 0 aliphatic heterocycles. The molecule has 0 radical (unpaired) electrons. The summed E-state index contributed by atoms with van der Waals surface area (Å²) in [5.74, 6) is -0.657. The third kappa shape index (κ3) is 1.40. The summed E-state index contributed by atoms with van der Waals surface area (Å²) in [5, 5.41) is 6.55. The fraction of sp³-hybridized carbons (Fsp3) is 0.714. The maximum Gasteiger partial charge on any atom is 0.451 e. The van der Waals surface area contributed by atoms with Gasteiger partial charge in [0.2, 0.25) is 5.82 Å². The second-order valence-electron chi connectivity index (χ2n) is 3.58. The second-order valence-corrected chi connectivity index (χ2v) is 3.58. The van der Waals surface area contributed by atoms with Crippen molar-refractivity contribution in [2.24, 2.45) is 0 Å². The van der Waals surface area contributed by atoms with Crippen LogP contribution in [0.5, 0.6) is 0 Å². The van der Waals surface area contributed by atoms with Crippen molar-refractivity contribution in [1.29, 1.82) is 0 Å². The van der Waals surface area contributed by atoms with Crippen molar-refractivity contribution >= 4 is 0 Å². The molecule has 1 fully saturated rings. The van der Waals surface area contributed by atoms with Crippen molar-refractivity contribution in [3.63, 3.8) is 0 Å². The molecule has 72 valence electrons. The van der Waals surface area contributed by atoms with Gasteiger partial charge >= 0.3 is 6.18 Å². The molecule has 1 aromatic rings. The molecule has 1 aliphatic carbocycles. The lowest BCUT2D eigenvalue weighted by molar-refractivity contribution is -0.144. The Balaban J connectivity index is 2.29. The van der Waals surface area contributed by atoms with Crippen molar-refractivity contribution in [2.75, 3.05) is 0 Å². The van der Waals surface area contributed by atoms with Gasteiger partial charge in [0.25, 0.3) is 0 Å². The molecule has 0 amide bonds. The monoisotopic (exact) mass is 191 g/mol. The van der Waals surface area contributed by atoms with Gasteiger partial charge in [-0.25, -0.2) is 0 Å². The van der Waals surface area contributed by atoms with Gasteiger partial charge in [-0.1, -0.05) is 6.92 Å². The number of alkyl halides is 3. The van der Waals surface area contributed by atoms with E-state index in [4.69, 9.17) is 0 Å². The number of nitrogens with zero attached hydrogens (tertiary/aromatic N) is 2. The number of aromatic amines is 1. The number of hydrogen-bond acceptors (Lipinski definition) is 2. The van der Waals surface area contributed by atoms with E-state index in [1.807, 2.05) is 6.92 Å². The molecule has 1 heterocycles. The fourth-order valence-electron chi connectivity index (χ4n) is 1.09. The molecule has 1 saturated carbocycles. The summed E-state index contributed by atoms with van der Waals surface area (Å²) >= 11 is 0. The van der Waals surface area contributed by atoms with Crippen LogP contribution in [0.4, 0.5) is 13.2 Å². The maximum atomic E-state index is 12.1. The van der Waals surface area contributed by atoms with Crippen LogP contribution >= 0.6 is 0 Å². The van der Waals surface area contributed by atoms with E-state index >= 15 is 0 Å². The lowest BCUT2D eigenvalue weighted by atomic mass is 10.1. The summed E-state index contributed by atoms with van der Waals surface area (Å²) in [6.07, 6.45) is -2.67. The minimum Gasteiger partial charge on any atom is -0.321 e. The molecule has 0 aromatic carbocycles. The molecule has 0 bridgehead atoms. The van der Waals surface area contributed by atoms with Crippen molar-refractivity contribution in [3.8, 4) is 0 Å². The zero-order valence-electron chi connectivity index (χ0n) is 6.94. The van der Waals surface area contributed by atoms with Gasteiger partial charge < -0.3 is 4.98 Å². The number of aromatic nitrogens is 3. The topological polar surface area (TPSA) is 41.6 Å². The molecular weight excluding hydrogens is 183 g/mol. The minimum absolute atomic E-state index is 0.198. The van der Waals surface area contributed by atoms with Crippen LogP contribution in [-0.4, -0.2) is 15.2 Å². The van der Waals surface area contributed by atoms with E-state index in [1.165, 1.54) is 0 Å². The average molecular weight is 191 g/mol. The molecule has 1 aromatic heterocycles. The van der Waals surface area contributed by atoms with Gasteiger partial charge in [-0.3, -0.25) is 0 Å². The van der Waals surface area contributed by atoms with E-state index in [9.17, 15) is 13.2 Å². The highest BCUT2D eigenvalue weighted by Crippen LogP contribution is 2.46. The predicted molar refractivity (Wildman–Crippen MR) is 38.0 cm³/mol. The predicted octanol–water partition coefficient (Wildman–Crippen LogP) is 1.88. The summed E-state index contributed by atoms with van der Waals surface area (Å²) in [6, 6.07) is 0. The lowest BCUT2D eigenvalue weighted by Crippen LogP contribution is -2.08. The Bertz CT molecular complexity index is 304. The summed E-state index contributed by atoms with van der Waals surface area (Å²) in [7, 11) is 0. The first-order valence-corrected chi connectivity index (χ1v) is 3.92. The fourth-order valence-corrected chi connectivity index (χ4v) is 1.09. The molecule has 0 saturated heterocycles. The Morgan fingerprint density at radius 2 is 1.92 bits per heavy atom. The zero-order chi connectivity index (χ0) is 9.69. The van der Waals surface area contributed by atoms with Crippen LogP contribution in [0.1, 0.15) is 31.4 Å². The van der Waals surface area contributed by atoms with Gasteiger partial charge in [0.15, 0.2) is 0 Å². The lowest BCUT2D eigenvalue weighted by Gasteiger charge is -2.02. The van der Waals surface area contributed by atoms with E-state index in [0.29, 0.717) is 5.82 Å². The molecule has 0 atom stereocenters. The SMILES string of the molecule is CC1(c2nnc(C(F)(F)F)[nH]2)CC1. The van der Waals surface area contributed by atoms with E-state index < -0.39 is 12.0 Å². The van der Waals surface area contributed by atoms with Gasteiger partial charge in [0.1, 0.15) is 5.82 Å². The van der Waals surface area contributed by atoms with Crippen LogP contribution in [0.3, 0.4) is 0 Å². The molecule has 2 rings (SSSR count). The summed E-state index contributed by atoms with van der Waals surface area (Å²) in [4.78, 5) is 2.21. The number of nitrogens with one attached hydrogen (secondary N) is 1. The van der Waals surface area contributed by atoms with Gasteiger partial charge in [-0.05, 0) is 12.8 Å². The molecule has 6 heteroatoms. The Hall–Kier alpha value is -1.07. The molecular formula is C7H8F3N3. The van der Waals surface area contributed by atoms with Crippen LogP contribution in [0.25, 0.3) is 0 Å². The van der Waals surface area contributed by atoms with Crippen molar-refractivity contribution in [1.82, 2.24) is 15.2 Å². The number of hydrogen-bond donors (Lipinski definition) is 1. The summed E-state index contributed by atoms with van der Waals surface area (Å²) < 4.78 is 36.2. The first kappa shape index (κ1) is 8.52. The van der Waals surface area contributed by atoms with Crippen molar-refractivity contribution < 1.29 is 13.2 Å². The highest BCUT2D eigenvalue weighted by molar-refractivity contribution is 5.15. The first-order chi connectivity index (χ1) is 5.92. The average Bonchev–Trinajstić information content (AvgIpc) is 2.60. The van der Waals surface area contributed by atoms with Crippen LogP contribution in [0, 0.1) is 0 Å². The number of H-pyrrole nitrogens is 1. The van der Waals surface area contributed by atoms with Crippen molar-refractivity contribution in [3.05, 3.63) is 11.6 Å². The quantitative estimate of drug-likeness (QED) is 0.736. The van der Waals surface area contributed by atoms with E-state index in [1.54, 1.807) is 0 Å². The van der Waals surface area contributed by atoms with E-state index in [2.05, 4.69) is 15.2 Å². The molecule has 0 unspecified atom stereocenters. The molecule has 1 aliphatic rings. The Labute approximate surface area is 72.4 Å². The van der Waals surface area contributed by atoms with Crippen LogP contribution < -0.4 is 0 Å². The third-order valence-electron chi connectivity index (χ3n) is 2.33. The number of rotatable bonds is 1. The van der Waals surface area contributed by atoms with E-state index in [-0.39, 0.29) is 5.41 Å². The molecule has 13 heavy (non-hydrogen) atoms. The van der Waals surface area contributed by atoms with Gasteiger partial charge in [-0.15, -0.1) is 10.2 Å². The van der Waals surface area contributed by atoms with Gasteiger partial charge in [0.05, 0.1) is 0 Å². The standard InChI is InChI=1S/C7H8F3N3/c1-6(2-3-6)4-11-5(13-12-4)7(8,9)10/h2-3H2,1H3,(H,11,12,13). The van der Waals surface area contributed by atoms with Crippen LogP contribution in [0.15, 0.2) is 0 Å². The summed E-state index contributed by atoms with van der Waals surface area (Å²) in [5.41, 5.74) is -0.198. The smallest absolute Gasteiger partial charge is 0.321 e. The summed E-state index contributed by atoms with van der Waals surface area (Å²) in [6.45, 7) is 1.87. The minimum atomic E-state index is -4.42. The number of halogens is 3. The van der Waals surface area contributed by atoms with E-state index in [0.717, 1.165) is 12.8 Å². The van der Waals surface area contributed by atoms with Crippen molar-refractivity contribution in [2.45, 2.75) is 31.4 Å². The maximum absolute atomic E-state index is 12.1. The highest BCUT2D eigenvalue weighted by Gasteiger charge is 2.44. The van der Waals surface area contributed by atoms with Gasteiger partial charge in [-0.2, -0.15) is 13.2 Å². The third-order valence-corrected chi connectivity index (χ3v) is 2.33.